The second-order valence-corrected chi connectivity index (χ2v) is 6.82. The maximum absolute atomic E-state index is 13.5. The number of rotatable bonds is 5. The van der Waals surface area contributed by atoms with Gasteiger partial charge in [-0.3, -0.25) is 4.79 Å². The minimum Gasteiger partial charge on any atom is -0.351 e. The molecule has 1 aromatic carbocycles. The molecule has 3 aromatic rings. The zero-order valence-electron chi connectivity index (χ0n) is 12.5. The molecule has 118 valence electrons. The fourth-order valence-corrected chi connectivity index (χ4v) is 3.90. The van der Waals surface area contributed by atoms with Crippen LogP contribution in [0.5, 0.6) is 0 Å². The van der Waals surface area contributed by atoms with Gasteiger partial charge in [-0.15, -0.1) is 11.3 Å². The molecule has 0 bridgehead atoms. The van der Waals surface area contributed by atoms with Crippen LogP contribution in [0.25, 0.3) is 10.6 Å². The predicted octanol–water partition coefficient (Wildman–Crippen LogP) is 4.29. The van der Waals surface area contributed by atoms with E-state index in [-0.39, 0.29) is 11.7 Å². The minimum absolute atomic E-state index is 0.155. The van der Waals surface area contributed by atoms with Crippen LogP contribution < -0.4 is 5.32 Å². The summed E-state index contributed by atoms with van der Waals surface area (Å²) >= 11 is 2.99. The van der Waals surface area contributed by atoms with E-state index in [2.05, 4.69) is 10.3 Å². The Balaban J connectivity index is 1.64. The van der Waals surface area contributed by atoms with Crippen molar-refractivity contribution < 1.29 is 9.18 Å². The maximum atomic E-state index is 13.5. The van der Waals surface area contributed by atoms with Gasteiger partial charge in [0.25, 0.3) is 5.91 Å². The van der Waals surface area contributed by atoms with Crippen molar-refractivity contribution in [3.8, 4) is 10.6 Å². The highest BCUT2D eigenvalue weighted by atomic mass is 32.1. The van der Waals surface area contributed by atoms with Gasteiger partial charge in [0.1, 0.15) is 15.7 Å². The van der Waals surface area contributed by atoms with Gasteiger partial charge in [-0.1, -0.05) is 18.2 Å². The van der Waals surface area contributed by atoms with Crippen LogP contribution in [0.2, 0.25) is 0 Å². The number of thiazole rings is 1. The van der Waals surface area contributed by atoms with E-state index in [1.165, 1.54) is 17.4 Å². The third kappa shape index (κ3) is 3.65. The van der Waals surface area contributed by atoms with Crippen molar-refractivity contribution in [1.82, 2.24) is 10.3 Å². The number of carbonyl (C=O) groups is 1. The second-order valence-electron chi connectivity index (χ2n) is 5.04. The van der Waals surface area contributed by atoms with Crippen LogP contribution in [0, 0.1) is 12.7 Å². The lowest BCUT2D eigenvalue weighted by atomic mass is 10.1. The van der Waals surface area contributed by atoms with Crippen LogP contribution in [0.3, 0.4) is 0 Å². The molecule has 3 rings (SSSR count). The average Bonchev–Trinajstić information content (AvgIpc) is 3.18. The molecule has 2 aromatic heterocycles. The Morgan fingerprint density at radius 3 is 2.87 bits per heavy atom. The Labute approximate surface area is 141 Å². The van der Waals surface area contributed by atoms with Crippen LogP contribution in [0.4, 0.5) is 4.39 Å². The number of benzene rings is 1. The van der Waals surface area contributed by atoms with Crippen LogP contribution in [-0.4, -0.2) is 17.4 Å². The van der Waals surface area contributed by atoms with Crippen molar-refractivity contribution in [2.45, 2.75) is 13.3 Å². The quantitative estimate of drug-likeness (QED) is 0.749. The monoisotopic (exact) mass is 346 g/mol. The third-order valence-corrected chi connectivity index (χ3v) is 5.30. The zero-order chi connectivity index (χ0) is 16.2. The summed E-state index contributed by atoms with van der Waals surface area (Å²) in [7, 11) is 0. The van der Waals surface area contributed by atoms with Crippen LogP contribution >= 0.6 is 22.7 Å². The van der Waals surface area contributed by atoms with Gasteiger partial charge in [0.05, 0.1) is 5.69 Å². The first-order valence-electron chi connectivity index (χ1n) is 7.17. The van der Waals surface area contributed by atoms with Gasteiger partial charge in [0, 0.05) is 17.5 Å². The van der Waals surface area contributed by atoms with E-state index >= 15 is 0 Å². The molecular weight excluding hydrogens is 331 g/mol. The van der Waals surface area contributed by atoms with E-state index in [0.717, 1.165) is 16.3 Å². The number of hydrogen-bond acceptors (Lipinski definition) is 4. The minimum atomic E-state index is -0.240. The van der Waals surface area contributed by atoms with Crippen molar-refractivity contribution >= 4 is 28.6 Å². The number of thiophene rings is 1. The number of carbonyl (C=O) groups excluding carboxylic acids is 1. The largest absolute Gasteiger partial charge is 0.351 e. The molecular formula is C17H15FN2OS2. The smallest absolute Gasteiger partial charge is 0.263 e. The topological polar surface area (TPSA) is 42.0 Å². The van der Waals surface area contributed by atoms with Gasteiger partial charge in [-0.25, -0.2) is 9.37 Å². The normalized spacial score (nSPS) is 10.7. The average molecular weight is 346 g/mol. The summed E-state index contributed by atoms with van der Waals surface area (Å²) in [4.78, 5) is 17.4. The number of aryl methyl sites for hydroxylation is 1. The number of nitrogens with zero attached hydrogens (tertiary/aromatic N) is 1. The van der Waals surface area contributed by atoms with Gasteiger partial charge in [0.15, 0.2) is 0 Å². The van der Waals surface area contributed by atoms with E-state index in [9.17, 15) is 9.18 Å². The number of amides is 1. The van der Waals surface area contributed by atoms with Crippen molar-refractivity contribution in [3.63, 3.8) is 0 Å². The summed E-state index contributed by atoms with van der Waals surface area (Å²) in [5, 5.41) is 7.69. The summed E-state index contributed by atoms with van der Waals surface area (Å²) in [5.41, 5.74) is 2.36. The van der Waals surface area contributed by atoms with E-state index in [0.29, 0.717) is 23.4 Å². The SMILES string of the molecule is Cc1nc(-c2ccsc2)sc1C(=O)NCCc1ccccc1F. The number of hydrogen-bond donors (Lipinski definition) is 1. The lowest BCUT2D eigenvalue weighted by molar-refractivity contribution is 0.0957. The molecule has 3 nitrogen and oxygen atoms in total. The van der Waals surface area contributed by atoms with Gasteiger partial charge < -0.3 is 5.32 Å². The summed E-state index contributed by atoms with van der Waals surface area (Å²) in [6, 6.07) is 8.60. The standard InChI is InChI=1S/C17H15FN2OS2/c1-11-15(23-17(20-11)13-7-9-22-10-13)16(21)19-8-6-12-4-2-3-5-14(12)18/h2-5,7,9-10H,6,8H2,1H3,(H,19,21). The summed E-state index contributed by atoms with van der Waals surface area (Å²) < 4.78 is 13.5. The molecule has 0 atom stereocenters. The second kappa shape index (κ2) is 7.02. The van der Waals surface area contributed by atoms with Crippen LogP contribution in [-0.2, 0) is 6.42 Å². The molecule has 2 heterocycles. The molecule has 0 aliphatic rings. The highest BCUT2D eigenvalue weighted by Gasteiger charge is 2.16. The van der Waals surface area contributed by atoms with Crippen molar-refractivity contribution in [1.29, 1.82) is 0 Å². The van der Waals surface area contributed by atoms with Crippen molar-refractivity contribution in [2.75, 3.05) is 6.54 Å². The molecule has 1 amide bonds. The summed E-state index contributed by atoms with van der Waals surface area (Å²) in [6.07, 6.45) is 0.466. The highest BCUT2D eigenvalue weighted by molar-refractivity contribution is 7.17. The fraction of sp³-hybridized carbons (Fsp3) is 0.176. The first kappa shape index (κ1) is 15.8. The molecule has 0 saturated carbocycles. The van der Waals surface area contributed by atoms with E-state index in [1.807, 2.05) is 23.8 Å². The summed E-state index contributed by atoms with van der Waals surface area (Å²) in [5.74, 6) is -0.395. The predicted molar refractivity (Wildman–Crippen MR) is 92.6 cm³/mol. The Morgan fingerprint density at radius 2 is 2.13 bits per heavy atom. The first-order valence-corrected chi connectivity index (χ1v) is 8.92. The van der Waals surface area contributed by atoms with Crippen LogP contribution in [0.1, 0.15) is 20.9 Å². The Kier molecular flexibility index (Phi) is 4.83. The molecule has 0 fully saturated rings. The maximum Gasteiger partial charge on any atom is 0.263 e. The molecule has 6 heteroatoms. The molecule has 0 spiro atoms. The Morgan fingerprint density at radius 1 is 1.30 bits per heavy atom. The number of halogens is 1. The van der Waals surface area contributed by atoms with Crippen molar-refractivity contribution in [2.24, 2.45) is 0 Å². The molecule has 0 unspecified atom stereocenters. The van der Waals surface area contributed by atoms with Gasteiger partial charge in [0.2, 0.25) is 0 Å². The van der Waals surface area contributed by atoms with Gasteiger partial charge in [-0.05, 0) is 36.4 Å². The lowest BCUT2D eigenvalue weighted by Gasteiger charge is -2.05. The first-order chi connectivity index (χ1) is 11.1. The molecule has 1 N–H and O–H groups in total. The van der Waals surface area contributed by atoms with E-state index in [1.54, 1.807) is 29.5 Å². The Hall–Kier alpha value is -2.05. The van der Waals surface area contributed by atoms with E-state index in [4.69, 9.17) is 0 Å². The van der Waals surface area contributed by atoms with E-state index < -0.39 is 0 Å². The molecule has 0 saturated heterocycles. The third-order valence-electron chi connectivity index (χ3n) is 3.41. The zero-order valence-corrected chi connectivity index (χ0v) is 14.1. The van der Waals surface area contributed by atoms with Gasteiger partial charge >= 0.3 is 0 Å². The number of nitrogens with one attached hydrogen (secondary N) is 1. The summed E-state index contributed by atoms with van der Waals surface area (Å²) in [6.45, 7) is 2.23. The molecule has 23 heavy (non-hydrogen) atoms. The molecule has 0 aliphatic heterocycles. The molecule has 0 aliphatic carbocycles. The van der Waals surface area contributed by atoms with Crippen molar-refractivity contribution in [3.05, 3.63) is 63.0 Å². The number of aromatic nitrogens is 1. The van der Waals surface area contributed by atoms with Gasteiger partial charge in [-0.2, -0.15) is 11.3 Å². The highest BCUT2D eigenvalue weighted by Crippen LogP contribution is 2.29. The fourth-order valence-electron chi connectivity index (χ4n) is 2.21. The lowest BCUT2D eigenvalue weighted by Crippen LogP contribution is -2.25. The van der Waals surface area contributed by atoms with Crippen LogP contribution in [0.15, 0.2) is 41.1 Å². The molecule has 0 radical (unpaired) electrons. The Bertz CT molecular complexity index is 812.